The molecule has 3 unspecified atom stereocenters. The van der Waals surface area contributed by atoms with E-state index < -0.39 is 9.84 Å². The molecule has 112 valence electrons. The molecular weight excluding hydrogens is 274 g/mol. The van der Waals surface area contributed by atoms with Crippen LogP contribution < -0.4 is 10.1 Å². The Labute approximate surface area is 121 Å². The normalized spacial score (nSPS) is 26.6. The van der Waals surface area contributed by atoms with Crippen LogP contribution in [0.5, 0.6) is 5.75 Å². The zero-order chi connectivity index (χ0) is 14.8. The van der Waals surface area contributed by atoms with E-state index in [4.69, 9.17) is 4.74 Å². The molecule has 0 heterocycles. The fourth-order valence-electron chi connectivity index (χ4n) is 3.06. The van der Waals surface area contributed by atoms with E-state index in [1.807, 2.05) is 6.92 Å². The van der Waals surface area contributed by atoms with Crippen LogP contribution in [-0.4, -0.2) is 33.4 Å². The van der Waals surface area contributed by atoms with Gasteiger partial charge in [-0.15, -0.1) is 0 Å². The Morgan fingerprint density at radius 2 is 1.90 bits per heavy atom. The summed E-state index contributed by atoms with van der Waals surface area (Å²) in [7, 11) is -1.69. The molecule has 4 nitrogen and oxygen atoms in total. The smallest absolute Gasteiger partial charge is 0.181 e. The highest BCUT2D eigenvalue weighted by Crippen LogP contribution is 2.35. The average molecular weight is 297 g/mol. The van der Waals surface area contributed by atoms with E-state index in [9.17, 15) is 8.42 Å². The molecule has 3 atom stereocenters. The fraction of sp³-hybridized carbons (Fsp3) is 0.600. The molecule has 0 spiro atoms. The predicted molar refractivity (Wildman–Crippen MR) is 79.8 cm³/mol. The molecule has 1 aliphatic rings. The van der Waals surface area contributed by atoms with Crippen LogP contribution >= 0.6 is 0 Å². The van der Waals surface area contributed by atoms with Gasteiger partial charge in [-0.2, -0.15) is 0 Å². The van der Waals surface area contributed by atoms with Gasteiger partial charge < -0.3 is 10.1 Å². The van der Waals surface area contributed by atoms with Crippen molar-refractivity contribution in [3.05, 3.63) is 24.3 Å². The minimum absolute atomic E-state index is 0.141. The highest BCUT2D eigenvalue weighted by Gasteiger charge is 2.41. The maximum absolute atomic E-state index is 12.7. The van der Waals surface area contributed by atoms with Crippen molar-refractivity contribution < 1.29 is 13.2 Å². The lowest BCUT2D eigenvalue weighted by Crippen LogP contribution is -2.36. The van der Waals surface area contributed by atoms with Gasteiger partial charge in [-0.3, -0.25) is 0 Å². The summed E-state index contributed by atoms with van der Waals surface area (Å²) in [5.41, 5.74) is 0. The summed E-state index contributed by atoms with van der Waals surface area (Å²) in [6.45, 7) is 4.97. The second kappa shape index (κ2) is 6.14. The van der Waals surface area contributed by atoms with Crippen LogP contribution in [0.3, 0.4) is 0 Å². The van der Waals surface area contributed by atoms with E-state index >= 15 is 0 Å². The van der Waals surface area contributed by atoms with Crippen molar-refractivity contribution in [3.8, 4) is 5.75 Å². The van der Waals surface area contributed by atoms with Crippen molar-refractivity contribution in [1.29, 1.82) is 0 Å². The number of sulfone groups is 1. The van der Waals surface area contributed by atoms with E-state index in [0.717, 1.165) is 19.4 Å². The highest BCUT2D eigenvalue weighted by atomic mass is 32.2. The molecule has 1 fully saturated rings. The van der Waals surface area contributed by atoms with Crippen LogP contribution in [-0.2, 0) is 9.84 Å². The fourth-order valence-corrected chi connectivity index (χ4v) is 5.12. The quantitative estimate of drug-likeness (QED) is 0.905. The van der Waals surface area contributed by atoms with Crippen LogP contribution in [0.2, 0.25) is 0 Å². The molecule has 20 heavy (non-hydrogen) atoms. The number of hydrogen-bond donors (Lipinski definition) is 1. The number of benzene rings is 1. The van der Waals surface area contributed by atoms with Crippen molar-refractivity contribution in [2.45, 2.75) is 42.9 Å². The Hall–Kier alpha value is -1.07. The number of rotatable bonds is 5. The summed E-state index contributed by atoms with van der Waals surface area (Å²) < 4.78 is 30.5. The lowest BCUT2D eigenvalue weighted by Gasteiger charge is -2.21. The van der Waals surface area contributed by atoms with Crippen molar-refractivity contribution in [2.75, 3.05) is 13.7 Å². The zero-order valence-corrected chi connectivity index (χ0v) is 13.1. The Bertz CT molecular complexity index is 539. The third kappa shape index (κ3) is 2.83. The molecule has 0 radical (unpaired) electrons. The molecule has 0 amide bonds. The molecule has 1 aromatic rings. The first-order valence-electron chi connectivity index (χ1n) is 7.12. The van der Waals surface area contributed by atoms with E-state index in [2.05, 4.69) is 12.2 Å². The lowest BCUT2D eigenvalue weighted by atomic mass is 10.1. The molecule has 5 heteroatoms. The highest BCUT2D eigenvalue weighted by molar-refractivity contribution is 7.92. The van der Waals surface area contributed by atoms with E-state index in [0.29, 0.717) is 16.7 Å². The Morgan fingerprint density at radius 3 is 2.45 bits per heavy atom. The summed E-state index contributed by atoms with van der Waals surface area (Å²) in [4.78, 5) is 0.396. The van der Waals surface area contributed by atoms with Gasteiger partial charge >= 0.3 is 0 Å². The summed E-state index contributed by atoms with van der Waals surface area (Å²) >= 11 is 0. The Balaban J connectivity index is 2.22. The summed E-state index contributed by atoms with van der Waals surface area (Å²) in [6.07, 6.45) is 1.66. The summed E-state index contributed by atoms with van der Waals surface area (Å²) in [5.74, 6) is 0.816. The van der Waals surface area contributed by atoms with Gasteiger partial charge in [0.25, 0.3) is 0 Å². The first kappa shape index (κ1) is 15.3. The molecule has 0 bridgehead atoms. The maximum Gasteiger partial charge on any atom is 0.181 e. The van der Waals surface area contributed by atoms with Crippen molar-refractivity contribution in [1.82, 2.24) is 5.32 Å². The molecule has 1 aliphatic carbocycles. The Kier molecular flexibility index (Phi) is 4.70. The van der Waals surface area contributed by atoms with Crippen LogP contribution in [0, 0.1) is 5.92 Å². The van der Waals surface area contributed by atoms with Gasteiger partial charge in [0.15, 0.2) is 9.84 Å². The number of nitrogens with one attached hydrogen (secondary N) is 1. The largest absolute Gasteiger partial charge is 0.497 e. The van der Waals surface area contributed by atoms with E-state index in [1.54, 1.807) is 31.4 Å². The standard InChI is InChI=1S/C15H23NO3S/c1-4-16-14-9-10-15(11(14)2)20(17,18)13-7-5-12(19-3)6-8-13/h5-8,11,14-16H,4,9-10H2,1-3H3. The van der Waals surface area contributed by atoms with Crippen LogP contribution in [0.25, 0.3) is 0 Å². The SMILES string of the molecule is CCNC1CCC(S(=O)(=O)c2ccc(OC)cc2)C1C. The number of hydrogen-bond acceptors (Lipinski definition) is 4. The first-order chi connectivity index (χ1) is 9.50. The van der Waals surface area contributed by atoms with Gasteiger partial charge in [0.1, 0.15) is 5.75 Å². The van der Waals surface area contributed by atoms with Crippen molar-refractivity contribution in [3.63, 3.8) is 0 Å². The van der Waals surface area contributed by atoms with Crippen LogP contribution in [0.4, 0.5) is 0 Å². The monoisotopic (exact) mass is 297 g/mol. The van der Waals surface area contributed by atoms with Crippen molar-refractivity contribution in [2.24, 2.45) is 5.92 Å². The lowest BCUT2D eigenvalue weighted by molar-refractivity contribution is 0.414. The van der Waals surface area contributed by atoms with Gasteiger partial charge in [-0.05, 0) is 49.6 Å². The summed E-state index contributed by atoms with van der Waals surface area (Å²) in [6, 6.07) is 6.99. The maximum atomic E-state index is 12.7. The second-order valence-corrected chi connectivity index (χ2v) is 7.53. The van der Waals surface area contributed by atoms with Crippen LogP contribution in [0.1, 0.15) is 26.7 Å². The van der Waals surface area contributed by atoms with Gasteiger partial charge in [-0.25, -0.2) is 8.42 Å². The predicted octanol–water partition coefficient (Wildman–Crippen LogP) is 2.25. The molecule has 1 aromatic carbocycles. The van der Waals surface area contributed by atoms with Crippen LogP contribution in [0.15, 0.2) is 29.2 Å². The molecular formula is C15H23NO3S. The third-order valence-electron chi connectivity index (χ3n) is 4.24. The topological polar surface area (TPSA) is 55.4 Å². The van der Waals surface area contributed by atoms with Gasteiger partial charge in [0.05, 0.1) is 17.3 Å². The first-order valence-corrected chi connectivity index (χ1v) is 8.66. The second-order valence-electron chi connectivity index (χ2n) is 5.36. The van der Waals surface area contributed by atoms with Gasteiger partial charge in [0, 0.05) is 6.04 Å². The van der Waals surface area contributed by atoms with E-state index in [1.165, 1.54) is 0 Å². The zero-order valence-electron chi connectivity index (χ0n) is 12.3. The molecule has 2 rings (SSSR count). The minimum Gasteiger partial charge on any atom is -0.497 e. The van der Waals surface area contributed by atoms with E-state index in [-0.39, 0.29) is 11.2 Å². The molecule has 0 aliphatic heterocycles. The molecule has 1 N–H and O–H groups in total. The third-order valence-corrected chi connectivity index (χ3v) is 6.63. The summed E-state index contributed by atoms with van der Waals surface area (Å²) in [5, 5.41) is 3.09. The number of ether oxygens (including phenoxy) is 1. The minimum atomic E-state index is -3.26. The molecule has 0 saturated heterocycles. The average Bonchev–Trinajstić information content (AvgIpc) is 2.81. The molecule has 0 aromatic heterocycles. The van der Waals surface area contributed by atoms with Gasteiger partial charge in [0.2, 0.25) is 0 Å². The Morgan fingerprint density at radius 1 is 1.25 bits per heavy atom. The van der Waals surface area contributed by atoms with Crippen molar-refractivity contribution >= 4 is 9.84 Å². The number of methoxy groups -OCH3 is 1. The molecule has 1 saturated carbocycles. The van der Waals surface area contributed by atoms with Gasteiger partial charge in [-0.1, -0.05) is 13.8 Å².